The third-order valence-corrected chi connectivity index (χ3v) is 4.34. The fourth-order valence-electron chi connectivity index (χ4n) is 2.99. The molecule has 6 heteroatoms. The summed E-state index contributed by atoms with van der Waals surface area (Å²) in [6.45, 7) is 5.61. The van der Waals surface area contributed by atoms with E-state index in [9.17, 15) is 4.79 Å². The Labute approximate surface area is 136 Å². The van der Waals surface area contributed by atoms with Crippen molar-refractivity contribution >= 4 is 5.91 Å². The summed E-state index contributed by atoms with van der Waals surface area (Å²) in [5.74, 6) is 1.77. The minimum Gasteiger partial charge on any atom is -0.464 e. The highest BCUT2D eigenvalue weighted by molar-refractivity contribution is 5.76. The molecule has 2 aliphatic rings. The second-order valence-corrected chi connectivity index (χ2v) is 6.08. The minimum absolute atomic E-state index is 0.119. The predicted molar refractivity (Wildman–Crippen MR) is 83.1 cm³/mol. The van der Waals surface area contributed by atoms with Gasteiger partial charge in [-0.3, -0.25) is 4.79 Å². The van der Waals surface area contributed by atoms with Gasteiger partial charge in [-0.2, -0.15) is 0 Å². The summed E-state index contributed by atoms with van der Waals surface area (Å²) in [6, 6.07) is 3.84. The summed E-state index contributed by atoms with van der Waals surface area (Å²) in [5.41, 5.74) is 0. The molecule has 128 valence electrons. The van der Waals surface area contributed by atoms with E-state index in [2.05, 4.69) is 0 Å². The summed E-state index contributed by atoms with van der Waals surface area (Å²) < 4.78 is 22.4. The number of ether oxygens (including phenoxy) is 3. The number of hydrogen-bond donors (Lipinski definition) is 0. The molecule has 1 aromatic rings. The lowest BCUT2D eigenvalue weighted by molar-refractivity contribution is -0.141. The summed E-state index contributed by atoms with van der Waals surface area (Å²) in [4.78, 5) is 14.2. The Hall–Kier alpha value is -1.37. The smallest absolute Gasteiger partial charge is 0.225 e. The van der Waals surface area contributed by atoms with E-state index in [0.717, 1.165) is 37.6 Å². The molecular formula is C17H25NO5. The van der Waals surface area contributed by atoms with Crippen LogP contribution in [0.3, 0.4) is 0 Å². The van der Waals surface area contributed by atoms with Gasteiger partial charge in [0.15, 0.2) is 0 Å². The van der Waals surface area contributed by atoms with E-state index in [1.165, 1.54) is 0 Å². The molecule has 23 heavy (non-hydrogen) atoms. The second-order valence-electron chi connectivity index (χ2n) is 6.08. The fraction of sp³-hybridized carbons (Fsp3) is 0.706. The first-order valence-electron chi connectivity index (χ1n) is 8.37. The SMILES string of the molecule is Cc1ccc([C@@H]2CN(C(=O)CCOC3CCOCC3)CCO2)o1. The molecule has 2 saturated heterocycles. The highest BCUT2D eigenvalue weighted by atomic mass is 16.5. The molecule has 0 N–H and O–H groups in total. The van der Waals surface area contributed by atoms with Crippen molar-refractivity contribution in [3.63, 3.8) is 0 Å². The van der Waals surface area contributed by atoms with Crippen LogP contribution in [-0.4, -0.2) is 56.4 Å². The Kier molecular flexibility index (Phi) is 5.70. The lowest BCUT2D eigenvalue weighted by Crippen LogP contribution is -2.42. The molecule has 1 atom stereocenters. The molecule has 6 nitrogen and oxygen atoms in total. The molecular weight excluding hydrogens is 298 g/mol. The van der Waals surface area contributed by atoms with Crippen molar-refractivity contribution in [3.8, 4) is 0 Å². The minimum atomic E-state index is -0.169. The molecule has 0 radical (unpaired) electrons. The molecule has 2 fully saturated rings. The van der Waals surface area contributed by atoms with E-state index in [-0.39, 0.29) is 18.1 Å². The fourth-order valence-corrected chi connectivity index (χ4v) is 2.99. The van der Waals surface area contributed by atoms with Crippen LogP contribution >= 0.6 is 0 Å². The number of carbonyl (C=O) groups is 1. The van der Waals surface area contributed by atoms with Gasteiger partial charge in [-0.05, 0) is 31.9 Å². The van der Waals surface area contributed by atoms with Gasteiger partial charge in [0.2, 0.25) is 5.91 Å². The molecule has 1 amide bonds. The van der Waals surface area contributed by atoms with Crippen LogP contribution in [0.2, 0.25) is 0 Å². The van der Waals surface area contributed by atoms with Gasteiger partial charge in [0, 0.05) is 19.8 Å². The third-order valence-electron chi connectivity index (χ3n) is 4.34. The maximum absolute atomic E-state index is 12.4. The molecule has 2 aliphatic heterocycles. The van der Waals surface area contributed by atoms with Crippen molar-refractivity contribution in [2.45, 2.75) is 38.4 Å². The number of amides is 1. The molecule has 0 spiro atoms. The maximum atomic E-state index is 12.4. The van der Waals surface area contributed by atoms with Crippen molar-refractivity contribution in [3.05, 3.63) is 23.7 Å². The second kappa shape index (κ2) is 7.95. The average Bonchev–Trinajstić information content (AvgIpc) is 3.02. The Bertz CT molecular complexity index is 509. The summed E-state index contributed by atoms with van der Waals surface area (Å²) in [5, 5.41) is 0. The van der Waals surface area contributed by atoms with Crippen molar-refractivity contribution < 1.29 is 23.4 Å². The van der Waals surface area contributed by atoms with Crippen molar-refractivity contribution in [2.75, 3.05) is 39.5 Å². The van der Waals surface area contributed by atoms with Crippen molar-refractivity contribution in [2.24, 2.45) is 0 Å². The zero-order chi connectivity index (χ0) is 16.1. The van der Waals surface area contributed by atoms with E-state index in [1.54, 1.807) is 0 Å². The van der Waals surface area contributed by atoms with E-state index in [0.29, 0.717) is 32.7 Å². The Morgan fingerprint density at radius 2 is 2.13 bits per heavy atom. The van der Waals surface area contributed by atoms with Crippen LogP contribution in [0.25, 0.3) is 0 Å². The Morgan fingerprint density at radius 3 is 2.87 bits per heavy atom. The maximum Gasteiger partial charge on any atom is 0.225 e. The molecule has 0 bridgehead atoms. The zero-order valence-corrected chi connectivity index (χ0v) is 13.7. The van der Waals surface area contributed by atoms with E-state index in [1.807, 2.05) is 24.0 Å². The van der Waals surface area contributed by atoms with Crippen molar-refractivity contribution in [1.82, 2.24) is 4.90 Å². The highest BCUT2D eigenvalue weighted by Gasteiger charge is 2.27. The van der Waals surface area contributed by atoms with E-state index in [4.69, 9.17) is 18.6 Å². The van der Waals surface area contributed by atoms with Gasteiger partial charge in [0.1, 0.15) is 17.6 Å². The predicted octanol–water partition coefficient (Wildman–Crippen LogP) is 2.07. The van der Waals surface area contributed by atoms with Gasteiger partial charge in [-0.25, -0.2) is 0 Å². The van der Waals surface area contributed by atoms with Crippen LogP contribution in [0, 0.1) is 6.92 Å². The van der Waals surface area contributed by atoms with Crippen LogP contribution in [0.4, 0.5) is 0 Å². The van der Waals surface area contributed by atoms with E-state index >= 15 is 0 Å². The molecule has 0 saturated carbocycles. The lowest BCUT2D eigenvalue weighted by Gasteiger charge is -2.32. The van der Waals surface area contributed by atoms with Crippen LogP contribution in [0.1, 0.15) is 36.9 Å². The quantitative estimate of drug-likeness (QED) is 0.830. The molecule has 1 aromatic heterocycles. The van der Waals surface area contributed by atoms with Crippen molar-refractivity contribution in [1.29, 1.82) is 0 Å². The Morgan fingerprint density at radius 1 is 1.30 bits per heavy atom. The average molecular weight is 323 g/mol. The topological polar surface area (TPSA) is 61.1 Å². The normalized spacial score (nSPS) is 23.2. The van der Waals surface area contributed by atoms with E-state index < -0.39 is 0 Å². The van der Waals surface area contributed by atoms with Crippen LogP contribution in [0.5, 0.6) is 0 Å². The lowest BCUT2D eigenvalue weighted by atomic mass is 10.1. The molecule has 0 aromatic carbocycles. The number of hydrogen-bond acceptors (Lipinski definition) is 5. The number of morpholine rings is 1. The number of nitrogens with zero attached hydrogens (tertiary/aromatic N) is 1. The first kappa shape index (κ1) is 16.5. The monoisotopic (exact) mass is 323 g/mol. The van der Waals surface area contributed by atoms with Gasteiger partial charge in [0.05, 0.1) is 32.3 Å². The number of aryl methyl sites for hydroxylation is 1. The van der Waals surface area contributed by atoms with Crippen LogP contribution < -0.4 is 0 Å². The highest BCUT2D eigenvalue weighted by Crippen LogP contribution is 2.24. The first-order chi connectivity index (χ1) is 11.2. The first-order valence-corrected chi connectivity index (χ1v) is 8.37. The molecule has 0 unspecified atom stereocenters. The summed E-state index contributed by atoms with van der Waals surface area (Å²) in [7, 11) is 0. The van der Waals surface area contributed by atoms with Crippen LogP contribution in [0.15, 0.2) is 16.5 Å². The third kappa shape index (κ3) is 4.56. The number of furan rings is 1. The molecule has 0 aliphatic carbocycles. The van der Waals surface area contributed by atoms with Gasteiger partial charge in [-0.15, -0.1) is 0 Å². The zero-order valence-electron chi connectivity index (χ0n) is 13.7. The number of carbonyl (C=O) groups excluding carboxylic acids is 1. The van der Waals surface area contributed by atoms with Gasteiger partial charge in [0.25, 0.3) is 0 Å². The molecule has 3 rings (SSSR count). The van der Waals surface area contributed by atoms with Gasteiger partial charge < -0.3 is 23.5 Å². The summed E-state index contributed by atoms with van der Waals surface area (Å²) >= 11 is 0. The largest absolute Gasteiger partial charge is 0.464 e. The molecule has 3 heterocycles. The standard InChI is InChI=1S/C17H25NO5/c1-13-2-3-15(23-13)16-12-18(7-11-22-16)17(19)6-10-21-14-4-8-20-9-5-14/h2-3,14,16H,4-12H2,1H3/t16-/m0/s1. The van der Waals surface area contributed by atoms with Crippen LogP contribution in [-0.2, 0) is 19.0 Å². The summed E-state index contributed by atoms with van der Waals surface area (Å²) in [6.07, 6.45) is 2.33. The van der Waals surface area contributed by atoms with Gasteiger partial charge in [-0.1, -0.05) is 0 Å². The van der Waals surface area contributed by atoms with Gasteiger partial charge >= 0.3 is 0 Å². The number of rotatable bonds is 5. The Balaban J connectivity index is 1.43.